The molecule has 0 saturated heterocycles. The summed E-state index contributed by atoms with van der Waals surface area (Å²) in [5, 5.41) is 21.5. The van der Waals surface area contributed by atoms with Crippen molar-refractivity contribution in [3.63, 3.8) is 0 Å². The Morgan fingerprint density at radius 3 is 2.33 bits per heavy atom. The lowest BCUT2D eigenvalue weighted by Crippen LogP contribution is -2.13. The Kier molecular flexibility index (Phi) is 10.9. The summed E-state index contributed by atoms with van der Waals surface area (Å²) in [6.07, 6.45) is 4.82. The molecule has 9 nitrogen and oxygen atoms in total. The van der Waals surface area contributed by atoms with Gasteiger partial charge in [0.1, 0.15) is 29.9 Å². The Bertz CT molecular complexity index is 1360. The van der Waals surface area contributed by atoms with E-state index in [2.05, 4.69) is 35.9 Å². The van der Waals surface area contributed by atoms with Crippen LogP contribution in [-0.2, 0) is 17.6 Å². The number of carbonyl (C=O) groups is 1. The second-order valence-electron chi connectivity index (χ2n) is 8.81. The first-order chi connectivity index (χ1) is 18.9. The molecule has 0 atom stereocenters. The number of aromatic nitrogens is 2. The lowest BCUT2D eigenvalue weighted by molar-refractivity contribution is -0.112. The van der Waals surface area contributed by atoms with E-state index in [0.29, 0.717) is 39.6 Å². The lowest BCUT2D eigenvalue weighted by atomic mass is 10.1. The third kappa shape index (κ3) is 8.58. The molecule has 3 rings (SSSR count). The number of amides is 1. The Balaban J connectivity index is 1.61. The highest BCUT2D eigenvalue weighted by Gasteiger charge is 2.14. The van der Waals surface area contributed by atoms with Gasteiger partial charge < -0.3 is 18.9 Å². The van der Waals surface area contributed by atoms with E-state index in [1.807, 2.05) is 30.3 Å². The summed E-state index contributed by atoms with van der Waals surface area (Å²) in [4.78, 5) is 12.6. The molecular formula is C29H32N4O5S. The summed E-state index contributed by atoms with van der Waals surface area (Å²) in [5.41, 5.74) is 1.61. The van der Waals surface area contributed by atoms with Gasteiger partial charge in [-0.2, -0.15) is 5.26 Å². The predicted octanol–water partition coefficient (Wildman–Crippen LogP) is 5.49. The first-order valence-electron chi connectivity index (χ1n) is 12.3. The van der Waals surface area contributed by atoms with Crippen molar-refractivity contribution >= 4 is 28.5 Å². The molecule has 0 fully saturated rings. The van der Waals surface area contributed by atoms with Crippen LogP contribution in [0.15, 0.2) is 54.6 Å². The van der Waals surface area contributed by atoms with Crippen LogP contribution < -0.4 is 24.3 Å². The van der Waals surface area contributed by atoms with Crippen LogP contribution in [0.3, 0.4) is 0 Å². The van der Waals surface area contributed by atoms with Crippen molar-refractivity contribution in [1.82, 2.24) is 10.2 Å². The number of allylic oxidation sites excluding steroid dienone is 1. The molecule has 0 aliphatic heterocycles. The van der Waals surface area contributed by atoms with Gasteiger partial charge in [0.15, 0.2) is 23.0 Å². The highest BCUT2D eigenvalue weighted by Crippen LogP contribution is 2.30. The van der Waals surface area contributed by atoms with Gasteiger partial charge in [-0.1, -0.05) is 43.4 Å². The van der Waals surface area contributed by atoms with Gasteiger partial charge in [0.25, 0.3) is 5.91 Å². The van der Waals surface area contributed by atoms with Gasteiger partial charge in [-0.25, -0.2) is 0 Å². The van der Waals surface area contributed by atoms with Crippen LogP contribution in [0, 0.1) is 17.2 Å². The van der Waals surface area contributed by atoms with Gasteiger partial charge in [-0.15, -0.1) is 16.8 Å². The third-order valence-electron chi connectivity index (χ3n) is 5.34. The minimum Gasteiger partial charge on any atom is -0.493 e. The number of methoxy groups -OCH3 is 2. The molecule has 2 aromatic carbocycles. The van der Waals surface area contributed by atoms with Crippen LogP contribution in [0.25, 0.3) is 6.08 Å². The largest absolute Gasteiger partial charge is 0.493 e. The predicted molar refractivity (Wildman–Crippen MR) is 152 cm³/mol. The first-order valence-corrected chi connectivity index (χ1v) is 13.2. The lowest BCUT2D eigenvalue weighted by Gasteiger charge is -2.14. The van der Waals surface area contributed by atoms with E-state index < -0.39 is 5.91 Å². The quantitative estimate of drug-likeness (QED) is 0.122. The number of ether oxygens (including phenoxy) is 4. The zero-order valence-electron chi connectivity index (χ0n) is 22.5. The van der Waals surface area contributed by atoms with E-state index in [4.69, 9.17) is 18.9 Å². The number of hydrogen-bond acceptors (Lipinski definition) is 9. The Labute approximate surface area is 232 Å². The normalized spacial score (nSPS) is 11.0. The van der Waals surface area contributed by atoms with Crippen LogP contribution in [0.4, 0.5) is 5.13 Å². The molecule has 204 valence electrons. The fraction of sp³-hybridized carbons (Fsp3) is 0.310. The molecule has 0 bridgehead atoms. The summed E-state index contributed by atoms with van der Waals surface area (Å²) >= 11 is 1.30. The Morgan fingerprint density at radius 2 is 1.72 bits per heavy atom. The molecule has 0 unspecified atom stereocenters. The number of hydrogen-bond donors (Lipinski definition) is 1. The summed E-state index contributed by atoms with van der Waals surface area (Å²) in [6, 6.07) is 12.8. The molecule has 0 spiro atoms. The van der Waals surface area contributed by atoms with Crippen molar-refractivity contribution in [2.75, 3.05) is 32.8 Å². The van der Waals surface area contributed by atoms with Crippen molar-refractivity contribution in [3.8, 4) is 29.1 Å². The number of anilines is 1. The minimum atomic E-state index is -0.561. The minimum absolute atomic E-state index is 0.0761. The maximum absolute atomic E-state index is 12.6. The van der Waals surface area contributed by atoms with Gasteiger partial charge in [0, 0.05) is 6.42 Å². The fourth-order valence-electron chi connectivity index (χ4n) is 3.54. The molecule has 0 aliphatic carbocycles. The summed E-state index contributed by atoms with van der Waals surface area (Å²) in [5.74, 6) is 2.08. The van der Waals surface area contributed by atoms with Gasteiger partial charge in [-0.3, -0.25) is 10.1 Å². The number of rotatable bonds is 14. The Hall–Kier alpha value is -4.36. The van der Waals surface area contributed by atoms with E-state index in [0.717, 1.165) is 23.4 Å². The monoisotopic (exact) mass is 548 g/mol. The molecule has 1 amide bonds. The van der Waals surface area contributed by atoms with E-state index in [1.165, 1.54) is 24.5 Å². The van der Waals surface area contributed by atoms with E-state index >= 15 is 0 Å². The molecule has 10 heteroatoms. The van der Waals surface area contributed by atoms with Crippen LogP contribution >= 0.6 is 11.3 Å². The molecule has 0 radical (unpaired) electrons. The van der Waals surface area contributed by atoms with E-state index in [1.54, 1.807) is 25.3 Å². The molecule has 39 heavy (non-hydrogen) atoms. The van der Waals surface area contributed by atoms with Crippen molar-refractivity contribution in [2.24, 2.45) is 5.92 Å². The number of carbonyl (C=O) groups excluding carboxylic acids is 1. The summed E-state index contributed by atoms with van der Waals surface area (Å²) in [6.45, 7) is 8.46. The maximum Gasteiger partial charge on any atom is 0.268 e. The highest BCUT2D eigenvalue weighted by molar-refractivity contribution is 7.15. The van der Waals surface area contributed by atoms with Crippen LogP contribution in [0.1, 0.15) is 30.0 Å². The smallest absolute Gasteiger partial charge is 0.268 e. The van der Waals surface area contributed by atoms with Gasteiger partial charge in [0.2, 0.25) is 5.13 Å². The number of nitrogens with zero attached hydrogens (tertiary/aromatic N) is 3. The zero-order chi connectivity index (χ0) is 28.2. The average Bonchev–Trinajstić information content (AvgIpc) is 3.36. The van der Waals surface area contributed by atoms with Crippen molar-refractivity contribution < 1.29 is 23.7 Å². The fourth-order valence-corrected chi connectivity index (χ4v) is 4.48. The zero-order valence-corrected chi connectivity index (χ0v) is 23.3. The van der Waals surface area contributed by atoms with Crippen molar-refractivity contribution in [3.05, 3.63) is 70.8 Å². The molecule has 3 aromatic rings. The molecular weight excluding hydrogens is 516 g/mol. The second kappa shape index (κ2) is 14.5. The van der Waals surface area contributed by atoms with Crippen molar-refractivity contribution in [2.45, 2.75) is 26.7 Å². The van der Waals surface area contributed by atoms with Gasteiger partial charge >= 0.3 is 0 Å². The Morgan fingerprint density at radius 1 is 1.05 bits per heavy atom. The molecule has 1 N–H and O–H groups in total. The standard InChI is InChI=1S/C29H32N4O5S/c1-6-7-20-8-10-23(25(16-20)35-4)37-12-13-38-24-11-9-21(17-26(24)36-5)15-22(18-30)28(34)31-29-33-32-27(39-29)14-19(2)3/h6,8-11,15-17,19H,1,7,12-14H2,2-5H3,(H,31,33,34)/b22-15-. The van der Waals surface area contributed by atoms with Crippen molar-refractivity contribution in [1.29, 1.82) is 5.26 Å². The number of benzene rings is 2. The van der Waals surface area contributed by atoms with Gasteiger partial charge in [0.05, 0.1) is 14.2 Å². The molecule has 1 aromatic heterocycles. The summed E-state index contributed by atoms with van der Waals surface area (Å²) in [7, 11) is 3.11. The number of nitrogens with one attached hydrogen (secondary N) is 1. The number of nitriles is 1. The maximum atomic E-state index is 12.6. The average molecular weight is 549 g/mol. The first kappa shape index (κ1) is 29.2. The second-order valence-corrected chi connectivity index (χ2v) is 9.87. The third-order valence-corrected chi connectivity index (χ3v) is 6.20. The van der Waals surface area contributed by atoms with Gasteiger partial charge in [-0.05, 0) is 53.8 Å². The van der Waals surface area contributed by atoms with Crippen LogP contribution in [0.2, 0.25) is 0 Å². The van der Waals surface area contributed by atoms with E-state index in [9.17, 15) is 10.1 Å². The SMILES string of the molecule is C=CCc1ccc(OCCOc2ccc(/C=C(/C#N)C(=O)Nc3nnc(CC(C)C)s3)cc2OC)c(OC)c1. The van der Waals surface area contributed by atoms with E-state index in [-0.39, 0.29) is 18.8 Å². The topological polar surface area (TPSA) is 116 Å². The highest BCUT2D eigenvalue weighted by atomic mass is 32.1. The molecule has 0 saturated carbocycles. The summed E-state index contributed by atoms with van der Waals surface area (Å²) < 4.78 is 22.5. The van der Waals surface area contributed by atoms with Crippen LogP contribution in [-0.4, -0.2) is 43.5 Å². The molecule has 0 aliphatic rings. The molecule has 1 heterocycles. The van der Waals surface area contributed by atoms with Crippen LogP contribution in [0.5, 0.6) is 23.0 Å².